The van der Waals surface area contributed by atoms with E-state index in [9.17, 15) is 14.7 Å². The molecular formula is C10H10O4. The van der Waals surface area contributed by atoms with E-state index in [1.165, 1.54) is 19.2 Å². The first-order chi connectivity index (χ1) is 6.60. The molecule has 0 amide bonds. The summed E-state index contributed by atoms with van der Waals surface area (Å²) in [6, 6.07) is 2.67. The van der Waals surface area contributed by atoms with Crippen molar-refractivity contribution in [3.63, 3.8) is 0 Å². The zero-order valence-corrected chi connectivity index (χ0v) is 7.90. The molecule has 1 aromatic carbocycles. The van der Waals surface area contributed by atoms with E-state index in [0.717, 1.165) is 0 Å². The molecule has 0 aliphatic heterocycles. The molecular weight excluding hydrogens is 184 g/mol. The van der Waals surface area contributed by atoms with Gasteiger partial charge in [0.15, 0.2) is 6.29 Å². The summed E-state index contributed by atoms with van der Waals surface area (Å²) < 4.78 is 4.52. The Morgan fingerprint density at radius 3 is 2.64 bits per heavy atom. The van der Waals surface area contributed by atoms with Gasteiger partial charge in [0.05, 0.1) is 18.2 Å². The van der Waals surface area contributed by atoms with Gasteiger partial charge >= 0.3 is 5.97 Å². The van der Waals surface area contributed by atoms with Crippen molar-refractivity contribution >= 4 is 12.3 Å². The van der Waals surface area contributed by atoms with Crippen LogP contribution in [0.1, 0.15) is 26.3 Å². The molecule has 0 unspecified atom stereocenters. The molecule has 0 aromatic heterocycles. The summed E-state index contributed by atoms with van der Waals surface area (Å²) in [7, 11) is 1.26. The Morgan fingerprint density at radius 1 is 1.50 bits per heavy atom. The smallest absolute Gasteiger partial charge is 0.338 e. The van der Waals surface area contributed by atoms with Gasteiger partial charge in [0.25, 0.3) is 0 Å². The number of aromatic hydroxyl groups is 1. The van der Waals surface area contributed by atoms with Gasteiger partial charge in [-0.25, -0.2) is 4.79 Å². The number of carbonyl (C=O) groups is 2. The molecule has 14 heavy (non-hydrogen) atoms. The number of aryl methyl sites for hydroxylation is 1. The van der Waals surface area contributed by atoms with E-state index in [1.54, 1.807) is 6.92 Å². The van der Waals surface area contributed by atoms with Crippen molar-refractivity contribution < 1.29 is 19.4 Å². The van der Waals surface area contributed by atoms with E-state index in [1.807, 2.05) is 0 Å². The van der Waals surface area contributed by atoms with Crippen LogP contribution in [-0.4, -0.2) is 24.5 Å². The first-order valence-corrected chi connectivity index (χ1v) is 3.97. The maximum absolute atomic E-state index is 11.2. The number of aldehydes is 1. The van der Waals surface area contributed by atoms with Gasteiger partial charge in [-0.1, -0.05) is 0 Å². The number of rotatable bonds is 2. The molecule has 1 N–H and O–H groups in total. The number of methoxy groups -OCH3 is 1. The minimum atomic E-state index is -0.523. The molecule has 0 bridgehead atoms. The number of carbonyl (C=O) groups excluding carboxylic acids is 2. The third-order valence-corrected chi connectivity index (χ3v) is 1.91. The van der Waals surface area contributed by atoms with Gasteiger partial charge in [-0.15, -0.1) is 0 Å². The highest BCUT2D eigenvalue weighted by Crippen LogP contribution is 2.21. The average molecular weight is 194 g/mol. The van der Waals surface area contributed by atoms with Crippen molar-refractivity contribution in [1.29, 1.82) is 0 Å². The van der Waals surface area contributed by atoms with Crippen molar-refractivity contribution in [2.24, 2.45) is 0 Å². The lowest BCUT2D eigenvalue weighted by molar-refractivity contribution is 0.0600. The van der Waals surface area contributed by atoms with Crippen LogP contribution in [0.4, 0.5) is 0 Å². The second-order valence-electron chi connectivity index (χ2n) is 2.84. The van der Waals surface area contributed by atoms with Gasteiger partial charge in [-0.05, 0) is 24.6 Å². The molecule has 0 saturated heterocycles. The summed E-state index contributed by atoms with van der Waals surface area (Å²) in [4.78, 5) is 21.7. The van der Waals surface area contributed by atoms with Crippen LogP contribution in [0, 0.1) is 6.92 Å². The summed E-state index contributed by atoms with van der Waals surface area (Å²) in [6.07, 6.45) is 0.487. The van der Waals surface area contributed by atoms with Gasteiger partial charge in [0, 0.05) is 0 Å². The van der Waals surface area contributed by atoms with Crippen LogP contribution in [0.5, 0.6) is 5.75 Å². The quantitative estimate of drug-likeness (QED) is 0.569. The number of phenols is 1. The number of esters is 1. The number of phenolic OH excluding ortho intramolecular Hbond substituents is 1. The lowest BCUT2D eigenvalue weighted by atomic mass is 10.0. The first kappa shape index (κ1) is 10.2. The summed E-state index contributed by atoms with van der Waals surface area (Å²) >= 11 is 0. The van der Waals surface area contributed by atoms with E-state index >= 15 is 0 Å². The number of ether oxygens (including phenoxy) is 1. The van der Waals surface area contributed by atoms with Crippen LogP contribution in [0.25, 0.3) is 0 Å². The van der Waals surface area contributed by atoms with E-state index in [0.29, 0.717) is 11.8 Å². The van der Waals surface area contributed by atoms with E-state index in [2.05, 4.69) is 4.74 Å². The van der Waals surface area contributed by atoms with Gasteiger partial charge in [0.2, 0.25) is 0 Å². The van der Waals surface area contributed by atoms with Crippen molar-refractivity contribution in [1.82, 2.24) is 0 Å². The monoisotopic (exact) mass is 194 g/mol. The van der Waals surface area contributed by atoms with Crippen molar-refractivity contribution in [3.05, 3.63) is 28.8 Å². The maximum Gasteiger partial charge on any atom is 0.338 e. The van der Waals surface area contributed by atoms with Crippen LogP contribution >= 0.6 is 0 Å². The van der Waals surface area contributed by atoms with Crippen molar-refractivity contribution in [3.8, 4) is 5.75 Å². The molecule has 0 atom stereocenters. The minimum Gasteiger partial charge on any atom is -0.507 e. The molecule has 4 nitrogen and oxygen atoms in total. The van der Waals surface area contributed by atoms with Crippen molar-refractivity contribution in [2.45, 2.75) is 6.92 Å². The second-order valence-corrected chi connectivity index (χ2v) is 2.84. The lowest BCUT2D eigenvalue weighted by Crippen LogP contribution is -2.04. The Hall–Kier alpha value is -1.84. The predicted octanol–water partition coefficient (Wildman–Crippen LogP) is 1.30. The first-order valence-electron chi connectivity index (χ1n) is 3.97. The summed E-state index contributed by atoms with van der Waals surface area (Å²) in [6.45, 7) is 1.65. The maximum atomic E-state index is 11.2. The largest absolute Gasteiger partial charge is 0.507 e. The Morgan fingerprint density at radius 2 is 2.14 bits per heavy atom. The van der Waals surface area contributed by atoms with E-state index in [-0.39, 0.29) is 16.9 Å². The molecule has 0 heterocycles. The standard InChI is InChI=1S/C10H10O4/c1-6-3-9(12)7(5-11)4-8(6)10(13)14-2/h3-5,12H,1-2H3. The van der Waals surface area contributed by atoms with E-state index in [4.69, 9.17) is 0 Å². The zero-order chi connectivity index (χ0) is 10.7. The summed E-state index contributed by atoms with van der Waals surface area (Å²) in [5.41, 5.74) is 0.934. The molecule has 1 rings (SSSR count). The fourth-order valence-electron chi connectivity index (χ4n) is 1.13. The fourth-order valence-corrected chi connectivity index (χ4v) is 1.13. The predicted molar refractivity (Wildman–Crippen MR) is 49.6 cm³/mol. The van der Waals surface area contributed by atoms with Crippen LogP contribution in [-0.2, 0) is 4.74 Å². The Kier molecular flexibility index (Phi) is 2.86. The average Bonchev–Trinajstić information content (AvgIpc) is 2.17. The highest BCUT2D eigenvalue weighted by molar-refractivity contribution is 5.94. The number of benzene rings is 1. The molecule has 0 spiro atoms. The highest BCUT2D eigenvalue weighted by Gasteiger charge is 2.12. The number of hydrogen-bond acceptors (Lipinski definition) is 4. The highest BCUT2D eigenvalue weighted by atomic mass is 16.5. The minimum absolute atomic E-state index is 0.0796. The van der Waals surface area contributed by atoms with Crippen LogP contribution in [0.3, 0.4) is 0 Å². The third-order valence-electron chi connectivity index (χ3n) is 1.91. The molecule has 0 aliphatic carbocycles. The fraction of sp³-hybridized carbons (Fsp3) is 0.200. The van der Waals surface area contributed by atoms with Crippen LogP contribution < -0.4 is 0 Å². The molecule has 0 saturated carbocycles. The van der Waals surface area contributed by atoms with Gasteiger partial charge in [-0.2, -0.15) is 0 Å². The Balaban J connectivity index is 3.30. The normalized spacial score (nSPS) is 9.57. The van der Waals surface area contributed by atoms with Crippen molar-refractivity contribution in [2.75, 3.05) is 7.11 Å². The van der Waals surface area contributed by atoms with Crippen LogP contribution in [0.15, 0.2) is 12.1 Å². The molecule has 0 radical (unpaired) electrons. The molecule has 0 fully saturated rings. The second kappa shape index (κ2) is 3.91. The topological polar surface area (TPSA) is 63.6 Å². The van der Waals surface area contributed by atoms with Gasteiger partial charge < -0.3 is 9.84 Å². The molecule has 1 aromatic rings. The SMILES string of the molecule is COC(=O)c1cc(C=O)c(O)cc1C. The molecule has 74 valence electrons. The molecule has 0 aliphatic rings. The van der Waals surface area contributed by atoms with E-state index < -0.39 is 5.97 Å². The molecule has 4 heteroatoms. The van der Waals surface area contributed by atoms with Crippen LogP contribution in [0.2, 0.25) is 0 Å². The Labute approximate surface area is 81.1 Å². The summed E-state index contributed by atoms with van der Waals surface area (Å²) in [5.74, 6) is -0.657. The lowest BCUT2D eigenvalue weighted by Gasteiger charge is -2.05. The number of hydrogen-bond donors (Lipinski definition) is 1. The van der Waals surface area contributed by atoms with Gasteiger partial charge in [0.1, 0.15) is 5.75 Å². The van der Waals surface area contributed by atoms with Gasteiger partial charge in [-0.3, -0.25) is 4.79 Å². The summed E-state index contributed by atoms with van der Waals surface area (Å²) in [5, 5.41) is 9.29. The zero-order valence-electron chi connectivity index (χ0n) is 7.90. The third kappa shape index (κ3) is 1.74. The Bertz CT molecular complexity index is 382.